The number of nitrogens with one attached hydrogen (secondary N) is 1. The molecule has 0 aromatic heterocycles. The highest BCUT2D eigenvalue weighted by atomic mass is 32.2. The second-order valence-corrected chi connectivity index (χ2v) is 10.0. The van der Waals surface area contributed by atoms with E-state index in [4.69, 9.17) is 4.74 Å². The molecule has 0 bridgehead atoms. The zero-order valence-electron chi connectivity index (χ0n) is 18.8. The van der Waals surface area contributed by atoms with Gasteiger partial charge in [0.1, 0.15) is 6.61 Å². The number of esters is 1. The molecule has 0 spiro atoms. The molecular weight excluding hydrogens is 478 g/mol. The summed E-state index contributed by atoms with van der Waals surface area (Å²) in [5.74, 6) is -1.41. The van der Waals surface area contributed by atoms with Crippen molar-refractivity contribution >= 4 is 33.2 Å². The van der Waals surface area contributed by atoms with Crippen LogP contribution in [0.1, 0.15) is 42.2 Å². The lowest BCUT2D eigenvalue weighted by atomic mass is 10.0. The fourth-order valence-corrected chi connectivity index (χ4v) is 5.60. The van der Waals surface area contributed by atoms with Gasteiger partial charge in [-0.05, 0) is 60.2 Å². The number of hydrogen-bond donors (Lipinski definition) is 1. The maximum Gasteiger partial charge on any atom is 0.338 e. The second kappa shape index (κ2) is 9.24. The van der Waals surface area contributed by atoms with Crippen molar-refractivity contribution in [3.05, 3.63) is 125 Å². The predicted octanol–water partition coefficient (Wildman–Crippen LogP) is 4.67. The number of fused-ring (bicyclic) bond motifs is 2. The molecule has 1 amide bonds. The van der Waals surface area contributed by atoms with Crippen molar-refractivity contribution in [2.24, 2.45) is 0 Å². The summed E-state index contributed by atoms with van der Waals surface area (Å²) < 4.78 is 31.5. The van der Waals surface area contributed by atoms with Crippen molar-refractivity contribution in [3.63, 3.8) is 0 Å². The molecule has 4 aromatic rings. The van der Waals surface area contributed by atoms with Crippen LogP contribution in [0, 0.1) is 0 Å². The molecule has 1 N–H and O–H groups in total. The van der Waals surface area contributed by atoms with Gasteiger partial charge in [0, 0.05) is 22.4 Å². The fourth-order valence-electron chi connectivity index (χ4n) is 3.92. The molecule has 178 valence electrons. The highest BCUT2D eigenvalue weighted by Gasteiger charge is 2.35. The van der Waals surface area contributed by atoms with Crippen LogP contribution in [0.4, 0.5) is 5.69 Å². The number of rotatable bonds is 5. The van der Waals surface area contributed by atoms with Gasteiger partial charge in [-0.2, -0.15) is 0 Å². The summed E-state index contributed by atoms with van der Waals surface area (Å²) in [6.45, 7) is -0.0784. The average molecular weight is 498 g/mol. The van der Waals surface area contributed by atoms with Crippen molar-refractivity contribution in [1.82, 2.24) is 0 Å². The van der Waals surface area contributed by atoms with Crippen molar-refractivity contribution in [2.75, 3.05) is 5.32 Å². The number of anilines is 1. The third kappa shape index (κ3) is 4.30. The zero-order chi connectivity index (χ0) is 25.3. The van der Waals surface area contributed by atoms with Gasteiger partial charge in [0.25, 0.3) is 5.91 Å². The Morgan fingerprint density at radius 3 is 2.11 bits per heavy atom. The molecule has 0 radical (unpaired) electrons. The minimum absolute atomic E-state index is 0.0170. The number of carbonyl (C=O) groups is 3. The van der Waals surface area contributed by atoms with Crippen molar-refractivity contribution in [2.45, 2.75) is 16.4 Å². The van der Waals surface area contributed by atoms with Gasteiger partial charge in [-0.1, -0.05) is 42.5 Å². The summed E-state index contributed by atoms with van der Waals surface area (Å²) in [5.41, 5.74) is 1.92. The molecule has 8 heteroatoms. The maximum absolute atomic E-state index is 13.1. The van der Waals surface area contributed by atoms with E-state index in [1.54, 1.807) is 48.5 Å². The van der Waals surface area contributed by atoms with Crippen LogP contribution >= 0.6 is 0 Å². The van der Waals surface area contributed by atoms with E-state index in [9.17, 15) is 22.8 Å². The number of ether oxygens (including phenoxy) is 1. The Hall–Kier alpha value is -4.56. The summed E-state index contributed by atoms with van der Waals surface area (Å²) in [5, 5.41) is 2.79. The molecule has 5 rings (SSSR count). The van der Waals surface area contributed by atoms with Crippen molar-refractivity contribution in [1.29, 1.82) is 0 Å². The first-order valence-electron chi connectivity index (χ1n) is 11.0. The lowest BCUT2D eigenvalue weighted by molar-refractivity contribution is 0.0472. The Morgan fingerprint density at radius 2 is 1.36 bits per heavy atom. The third-order valence-electron chi connectivity index (χ3n) is 5.79. The van der Waals surface area contributed by atoms with Crippen molar-refractivity contribution < 1.29 is 27.5 Å². The molecule has 0 saturated heterocycles. The highest BCUT2D eigenvalue weighted by Crippen LogP contribution is 2.34. The second-order valence-electron chi connectivity index (χ2n) is 8.13. The van der Waals surface area contributed by atoms with E-state index in [1.165, 1.54) is 30.3 Å². The molecule has 1 aliphatic rings. The molecule has 1 heterocycles. The van der Waals surface area contributed by atoms with Crippen LogP contribution in [0.5, 0.6) is 0 Å². The SMILES string of the molecule is O=C(Nc1ccccc1)c1ccc(COC(=O)c2ccc3c(c2)S(=O)(=O)c2ccccc2C3=O)cc1. The van der Waals surface area contributed by atoms with E-state index in [0.29, 0.717) is 16.8 Å². The summed E-state index contributed by atoms with van der Waals surface area (Å²) in [6.07, 6.45) is 0. The Balaban J connectivity index is 1.28. The monoisotopic (exact) mass is 497 g/mol. The van der Waals surface area contributed by atoms with Crippen LogP contribution in [-0.4, -0.2) is 26.1 Å². The number of carbonyl (C=O) groups excluding carboxylic acids is 3. The third-order valence-corrected chi connectivity index (χ3v) is 7.64. The first kappa shape index (κ1) is 23.2. The topological polar surface area (TPSA) is 107 Å². The molecule has 36 heavy (non-hydrogen) atoms. The van der Waals surface area contributed by atoms with Gasteiger partial charge in [-0.3, -0.25) is 9.59 Å². The predicted molar refractivity (Wildman–Crippen MR) is 132 cm³/mol. The van der Waals surface area contributed by atoms with E-state index in [-0.39, 0.29) is 39.0 Å². The highest BCUT2D eigenvalue weighted by molar-refractivity contribution is 7.91. The van der Waals surface area contributed by atoms with Gasteiger partial charge < -0.3 is 10.1 Å². The average Bonchev–Trinajstić information content (AvgIpc) is 2.91. The number of sulfone groups is 1. The Labute approximate surface area is 207 Å². The van der Waals surface area contributed by atoms with Crippen LogP contribution in [-0.2, 0) is 21.2 Å². The molecule has 0 saturated carbocycles. The van der Waals surface area contributed by atoms with Crippen LogP contribution in [0.2, 0.25) is 0 Å². The molecule has 4 aromatic carbocycles. The minimum Gasteiger partial charge on any atom is -0.457 e. The van der Waals surface area contributed by atoms with Crippen LogP contribution in [0.25, 0.3) is 0 Å². The van der Waals surface area contributed by atoms with Gasteiger partial charge in [0.2, 0.25) is 9.84 Å². The molecule has 0 aliphatic carbocycles. The molecule has 1 aliphatic heterocycles. The summed E-state index contributed by atoms with van der Waals surface area (Å²) in [7, 11) is -3.96. The molecule has 7 nitrogen and oxygen atoms in total. The first-order valence-corrected chi connectivity index (χ1v) is 12.5. The van der Waals surface area contributed by atoms with Crippen LogP contribution in [0.15, 0.2) is 107 Å². The summed E-state index contributed by atoms with van der Waals surface area (Å²) >= 11 is 0. The first-order chi connectivity index (χ1) is 17.3. The molecular formula is C28H19NO6S. The minimum atomic E-state index is -3.96. The van der Waals surface area contributed by atoms with E-state index in [2.05, 4.69) is 5.32 Å². The quantitative estimate of drug-likeness (QED) is 0.354. The lowest BCUT2D eigenvalue weighted by Gasteiger charge is -2.19. The molecule has 0 fully saturated rings. The number of para-hydroxylation sites is 1. The number of benzene rings is 4. The van der Waals surface area contributed by atoms with Gasteiger partial charge in [0.15, 0.2) is 5.78 Å². The Morgan fingerprint density at radius 1 is 0.722 bits per heavy atom. The van der Waals surface area contributed by atoms with Gasteiger partial charge >= 0.3 is 5.97 Å². The summed E-state index contributed by atoms with van der Waals surface area (Å²) in [4.78, 5) is 37.5. The number of amides is 1. The standard InChI is InChI=1S/C28H19NO6S/c30-26-22-8-4-5-9-24(22)36(33,34)25-16-20(14-15-23(25)26)28(32)35-17-18-10-12-19(13-11-18)27(31)29-21-6-2-1-3-7-21/h1-16H,17H2,(H,29,31). The van der Waals surface area contributed by atoms with E-state index in [0.717, 1.165) is 0 Å². The van der Waals surface area contributed by atoms with Crippen molar-refractivity contribution in [3.8, 4) is 0 Å². The maximum atomic E-state index is 13.1. The van der Waals surface area contributed by atoms with Crippen LogP contribution in [0.3, 0.4) is 0 Å². The number of hydrogen-bond acceptors (Lipinski definition) is 6. The van der Waals surface area contributed by atoms with E-state index < -0.39 is 21.6 Å². The van der Waals surface area contributed by atoms with Crippen LogP contribution < -0.4 is 5.32 Å². The Bertz CT molecular complexity index is 1610. The van der Waals surface area contributed by atoms with Gasteiger partial charge in [-0.15, -0.1) is 0 Å². The zero-order valence-corrected chi connectivity index (χ0v) is 19.6. The molecule has 0 atom stereocenters. The molecule has 0 unspecified atom stereocenters. The normalized spacial score (nSPS) is 13.3. The van der Waals surface area contributed by atoms with Gasteiger partial charge in [0.05, 0.1) is 15.4 Å². The van der Waals surface area contributed by atoms with Gasteiger partial charge in [-0.25, -0.2) is 13.2 Å². The van der Waals surface area contributed by atoms with E-state index >= 15 is 0 Å². The largest absolute Gasteiger partial charge is 0.457 e. The number of ketones is 1. The fraction of sp³-hybridized carbons (Fsp3) is 0.0357. The lowest BCUT2D eigenvalue weighted by Crippen LogP contribution is -2.21. The summed E-state index contributed by atoms with van der Waals surface area (Å²) in [6, 6.07) is 25.5. The Kier molecular flexibility index (Phi) is 5.95. The van der Waals surface area contributed by atoms with E-state index in [1.807, 2.05) is 18.2 Å². The smallest absolute Gasteiger partial charge is 0.338 e.